The van der Waals surface area contributed by atoms with Gasteiger partial charge in [0.2, 0.25) is 5.91 Å². The third kappa shape index (κ3) is 5.96. The molecule has 0 unspecified atom stereocenters. The van der Waals surface area contributed by atoms with Crippen LogP contribution in [0.3, 0.4) is 0 Å². The predicted octanol–water partition coefficient (Wildman–Crippen LogP) is 2.54. The van der Waals surface area contributed by atoms with Gasteiger partial charge in [-0.1, -0.05) is 54.1 Å². The molecule has 1 aliphatic rings. The SMILES string of the molecule is O=C(Cn1nc(N2CCN(Cc3ccccc3)CC2)ccc1=O)NCc1cccc(Cl)c1. The molecule has 0 spiro atoms. The molecule has 0 aliphatic carbocycles. The van der Waals surface area contributed by atoms with Gasteiger partial charge in [-0.05, 0) is 29.3 Å². The van der Waals surface area contributed by atoms with Gasteiger partial charge < -0.3 is 10.2 Å². The van der Waals surface area contributed by atoms with Crippen molar-refractivity contribution in [1.82, 2.24) is 20.0 Å². The van der Waals surface area contributed by atoms with Crippen molar-refractivity contribution in [2.45, 2.75) is 19.6 Å². The summed E-state index contributed by atoms with van der Waals surface area (Å²) >= 11 is 5.98. The second kappa shape index (κ2) is 10.4. The Kier molecular flexibility index (Phi) is 7.19. The van der Waals surface area contributed by atoms with Crippen LogP contribution in [0.5, 0.6) is 0 Å². The fraction of sp³-hybridized carbons (Fsp3) is 0.292. The topological polar surface area (TPSA) is 70.5 Å². The third-order valence-electron chi connectivity index (χ3n) is 5.47. The minimum Gasteiger partial charge on any atom is -0.353 e. The van der Waals surface area contributed by atoms with E-state index in [0.717, 1.165) is 38.3 Å². The van der Waals surface area contributed by atoms with Gasteiger partial charge in [0.05, 0.1) is 0 Å². The van der Waals surface area contributed by atoms with Crippen LogP contribution in [0.15, 0.2) is 71.5 Å². The minimum absolute atomic E-state index is 0.124. The van der Waals surface area contributed by atoms with Gasteiger partial charge in [0.1, 0.15) is 12.4 Å². The Hall–Kier alpha value is -3.16. The summed E-state index contributed by atoms with van der Waals surface area (Å²) in [4.78, 5) is 29.2. The summed E-state index contributed by atoms with van der Waals surface area (Å²) in [6, 6.07) is 20.9. The first kappa shape index (κ1) is 22.0. The van der Waals surface area contributed by atoms with Gasteiger partial charge >= 0.3 is 0 Å². The Balaban J connectivity index is 1.32. The van der Waals surface area contributed by atoms with E-state index in [1.165, 1.54) is 16.3 Å². The maximum atomic E-state index is 12.4. The monoisotopic (exact) mass is 451 g/mol. The molecule has 1 saturated heterocycles. The molecule has 1 amide bonds. The van der Waals surface area contributed by atoms with E-state index in [1.807, 2.05) is 18.2 Å². The van der Waals surface area contributed by atoms with Crippen molar-refractivity contribution < 1.29 is 4.79 Å². The summed E-state index contributed by atoms with van der Waals surface area (Å²) in [5.74, 6) is 0.441. The fourth-order valence-corrected chi connectivity index (χ4v) is 3.95. The van der Waals surface area contributed by atoms with E-state index in [-0.39, 0.29) is 18.0 Å². The van der Waals surface area contributed by atoms with Gasteiger partial charge in [0.15, 0.2) is 0 Å². The van der Waals surface area contributed by atoms with E-state index < -0.39 is 0 Å². The molecular formula is C24H26ClN5O2. The lowest BCUT2D eigenvalue weighted by molar-refractivity contribution is -0.122. The highest BCUT2D eigenvalue weighted by molar-refractivity contribution is 6.30. The number of hydrogen-bond donors (Lipinski definition) is 1. The Morgan fingerprint density at radius 2 is 1.69 bits per heavy atom. The number of hydrogen-bond acceptors (Lipinski definition) is 5. The molecule has 1 aromatic heterocycles. The van der Waals surface area contributed by atoms with Gasteiger partial charge in [-0.3, -0.25) is 14.5 Å². The molecule has 4 rings (SSSR count). The van der Waals surface area contributed by atoms with Gasteiger partial charge in [-0.25, -0.2) is 4.68 Å². The van der Waals surface area contributed by atoms with Crippen LogP contribution in [0.25, 0.3) is 0 Å². The number of aromatic nitrogens is 2. The van der Waals surface area contributed by atoms with Crippen LogP contribution in [0.2, 0.25) is 5.02 Å². The molecule has 0 radical (unpaired) electrons. The normalized spacial score (nSPS) is 14.3. The first-order valence-corrected chi connectivity index (χ1v) is 11.1. The lowest BCUT2D eigenvalue weighted by Crippen LogP contribution is -2.46. The van der Waals surface area contributed by atoms with Crippen LogP contribution in [0, 0.1) is 0 Å². The number of benzene rings is 2. The lowest BCUT2D eigenvalue weighted by Gasteiger charge is -2.35. The minimum atomic E-state index is -0.297. The number of anilines is 1. The number of piperazine rings is 1. The summed E-state index contributed by atoms with van der Waals surface area (Å²) in [6.07, 6.45) is 0. The quantitative estimate of drug-likeness (QED) is 0.597. The zero-order valence-electron chi connectivity index (χ0n) is 17.8. The second-order valence-electron chi connectivity index (χ2n) is 7.84. The van der Waals surface area contributed by atoms with Crippen LogP contribution in [-0.4, -0.2) is 46.8 Å². The van der Waals surface area contributed by atoms with Crippen LogP contribution in [0.4, 0.5) is 5.82 Å². The summed E-state index contributed by atoms with van der Waals surface area (Å²) in [7, 11) is 0. The van der Waals surface area contributed by atoms with E-state index in [0.29, 0.717) is 17.4 Å². The lowest BCUT2D eigenvalue weighted by atomic mass is 10.2. The van der Waals surface area contributed by atoms with Gasteiger partial charge in [-0.2, -0.15) is 5.10 Å². The van der Waals surface area contributed by atoms with Crippen molar-refractivity contribution in [3.63, 3.8) is 0 Å². The van der Waals surface area contributed by atoms with Gasteiger partial charge in [0, 0.05) is 50.4 Å². The zero-order valence-corrected chi connectivity index (χ0v) is 18.5. The summed E-state index contributed by atoms with van der Waals surface area (Å²) in [6.45, 7) is 4.61. The second-order valence-corrected chi connectivity index (χ2v) is 8.28. The Morgan fingerprint density at radius 3 is 2.44 bits per heavy atom. The number of amides is 1. The molecule has 1 aliphatic heterocycles. The predicted molar refractivity (Wildman–Crippen MR) is 126 cm³/mol. The summed E-state index contributed by atoms with van der Waals surface area (Å²) in [5.41, 5.74) is 1.90. The molecule has 0 atom stereocenters. The first-order valence-electron chi connectivity index (χ1n) is 10.7. The highest BCUT2D eigenvalue weighted by Gasteiger charge is 2.19. The molecule has 8 heteroatoms. The first-order chi connectivity index (χ1) is 15.6. The number of nitrogens with one attached hydrogen (secondary N) is 1. The average molecular weight is 452 g/mol. The number of carbonyl (C=O) groups excluding carboxylic acids is 1. The molecule has 2 aromatic carbocycles. The van der Waals surface area contributed by atoms with Gasteiger partial charge in [0.25, 0.3) is 5.56 Å². The van der Waals surface area contributed by atoms with E-state index >= 15 is 0 Å². The Morgan fingerprint density at radius 1 is 0.938 bits per heavy atom. The molecule has 1 N–H and O–H groups in total. The van der Waals surface area contributed by atoms with Crippen molar-refractivity contribution in [3.05, 3.63) is 93.2 Å². The average Bonchev–Trinajstić information content (AvgIpc) is 2.80. The van der Waals surface area contributed by atoms with E-state index in [1.54, 1.807) is 18.2 Å². The molecule has 166 valence electrons. The number of rotatable bonds is 7. The van der Waals surface area contributed by atoms with E-state index in [4.69, 9.17) is 11.6 Å². The van der Waals surface area contributed by atoms with Crippen LogP contribution < -0.4 is 15.8 Å². The molecule has 0 saturated carbocycles. The number of nitrogens with zero attached hydrogens (tertiary/aromatic N) is 4. The number of halogens is 1. The van der Waals surface area contributed by atoms with Crippen molar-refractivity contribution >= 4 is 23.3 Å². The molecule has 3 aromatic rings. The summed E-state index contributed by atoms with van der Waals surface area (Å²) in [5, 5.41) is 7.87. The summed E-state index contributed by atoms with van der Waals surface area (Å²) < 4.78 is 1.22. The Labute approximate surface area is 192 Å². The highest BCUT2D eigenvalue weighted by atomic mass is 35.5. The zero-order chi connectivity index (χ0) is 22.3. The largest absolute Gasteiger partial charge is 0.353 e. The van der Waals surface area contributed by atoms with Crippen molar-refractivity contribution in [2.24, 2.45) is 0 Å². The molecule has 7 nitrogen and oxygen atoms in total. The van der Waals surface area contributed by atoms with E-state index in [9.17, 15) is 9.59 Å². The molecular weight excluding hydrogens is 426 g/mol. The fourth-order valence-electron chi connectivity index (χ4n) is 3.74. The molecule has 1 fully saturated rings. The Bertz CT molecular complexity index is 1110. The molecule has 32 heavy (non-hydrogen) atoms. The number of carbonyl (C=O) groups is 1. The van der Waals surface area contributed by atoms with Crippen molar-refractivity contribution in [1.29, 1.82) is 0 Å². The van der Waals surface area contributed by atoms with Crippen LogP contribution in [-0.2, 0) is 24.4 Å². The standard InChI is InChI=1S/C24H26ClN5O2/c25-21-8-4-7-20(15-21)16-26-23(31)18-30-24(32)10-9-22(27-30)29-13-11-28(12-14-29)17-19-5-2-1-3-6-19/h1-10,15H,11-14,16-18H2,(H,26,31). The van der Waals surface area contributed by atoms with E-state index in [2.05, 4.69) is 44.5 Å². The maximum Gasteiger partial charge on any atom is 0.267 e. The molecule has 0 bridgehead atoms. The molecule has 2 heterocycles. The van der Waals surface area contributed by atoms with Crippen LogP contribution >= 0.6 is 11.6 Å². The van der Waals surface area contributed by atoms with Crippen LogP contribution in [0.1, 0.15) is 11.1 Å². The smallest absolute Gasteiger partial charge is 0.267 e. The maximum absolute atomic E-state index is 12.4. The third-order valence-corrected chi connectivity index (χ3v) is 5.71. The van der Waals surface area contributed by atoms with Crippen molar-refractivity contribution in [3.8, 4) is 0 Å². The highest BCUT2D eigenvalue weighted by Crippen LogP contribution is 2.14. The van der Waals surface area contributed by atoms with Gasteiger partial charge in [-0.15, -0.1) is 0 Å². The van der Waals surface area contributed by atoms with Crippen molar-refractivity contribution in [2.75, 3.05) is 31.1 Å².